The highest BCUT2D eigenvalue weighted by atomic mass is 32.2. The summed E-state index contributed by atoms with van der Waals surface area (Å²) >= 11 is 0. The van der Waals surface area contributed by atoms with E-state index in [1.54, 1.807) is 35.0 Å². The van der Waals surface area contributed by atoms with E-state index < -0.39 is 39.3 Å². The zero-order chi connectivity index (χ0) is 28.5. The molecule has 0 spiro atoms. The first-order chi connectivity index (χ1) is 17.1. The van der Waals surface area contributed by atoms with Gasteiger partial charge in [-0.3, -0.25) is 9.35 Å². The Balaban J connectivity index is 4.36. The molecule has 0 aromatic carbocycles. The lowest BCUT2D eigenvalue weighted by atomic mass is 9.76. The third-order valence-corrected chi connectivity index (χ3v) is 8.08. The molecule has 0 saturated carbocycles. The Hall–Kier alpha value is -1.19. The van der Waals surface area contributed by atoms with Crippen LogP contribution in [0.4, 0.5) is 0 Å². The average molecular weight is 549 g/mol. The minimum atomic E-state index is -4.44. The maximum Gasteiger partial charge on any atom is 0.266 e. The van der Waals surface area contributed by atoms with Crippen molar-refractivity contribution in [2.45, 2.75) is 136 Å². The lowest BCUT2D eigenvalue weighted by Crippen LogP contribution is -2.67. The maximum atomic E-state index is 12.6. The predicted octanol–water partition coefficient (Wildman–Crippen LogP) is 4.47. The molecule has 2 atom stereocenters. The Morgan fingerprint density at radius 3 is 1.51 bits per heavy atom. The molecule has 2 unspecified atom stereocenters. The molecule has 37 heavy (non-hydrogen) atoms. The lowest BCUT2D eigenvalue weighted by Gasteiger charge is -2.47. The first-order valence-corrected chi connectivity index (χ1v) is 16.0. The molecule has 0 fully saturated rings. The molecule has 0 rings (SSSR count). The van der Waals surface area contributed by atoms with Crippen molar-refractivity contribution >= 4 is 22.0 Å². The molecule has 0 heterocycles. The highest BCUT2D eigenvalue weighted by Gasteiger charge is 2.47. The first-order valence-electron chi connectivity index (χ1n) is 14.4. The van der Waals surface area contributed by atoms with E-state index in [2.05, 4.69) is 12.2 Å². The summed E-state index contributed by atoms with van der Waals surface area (Å²) in [6.07, 6.45) is 18.6. The summed E-state index contributed by atoms with van der Waals surface area (Å²) in [5.41, 5.74) is -1.20. The number of hydrogen-bond donors (Lipinski definition) is 2. The Bertz CT molecular complexity index is 746. The summed E-state index contributed by atoms with van der Waals surface area (Å²) in [5.74, 6) is -2.43. The van der Waals surface area contributed by atoms with E-state index in [0.717, 1.165) is 19.3 Å². The molecule has 0 bridgehead atoms. The Kier molecular flexibility index (Phi) is 17.6. The number of carboxylic acid groups (broad SMARTS) is 1. The second-order valence-electron chi connectivity index (χ2n) is 12.2. The van der Waals surface area contributed by atoms with Gasteiger partial charge in [0.05, 0.1) is 38.9 Å². The van der Waals surface area contributed by atoms with Gasteiger partial charge in [-0.25, -0.2) is 0 Å². The molecule has 8 nitrogen and oxygen atoms in total. The van der Waals surface area contributed by atoms with Gasteiger partial charge < -0.3 is 19.7 Å². The van der Waals surface area contributed by atoms with Crippen LogP contribution in [0.15, 0.2) is 0 Å². The number of rotatable bonds is 23. The van der Waals surface area contributed by atoms with Crippen molar-refractivity contribution in [1.82, 2.24) is 5.32 Å². The topological polar surface area (TPSA) is 124 Å². The van der Waals surface area contributed by atoms with E-state index in [9.17, 15) is 27.7 Å². The molecule has 0 saturated heterocycles. The summed E-state index contributed by atoms with van der Waals surface area (Å²) in [7, 11) is 0.570. The molecule has 0 radical (unpaired) electrons. The van der Waals surface area contributed by atoms with E-state index in [1.807, 2.05) is 0 Å². The fourth-order valence-electron chi connectivity index (χ4n) is 5.39. The van der Waals surface area contributed by atoms with Gasteiger partial charge in [0.1, 0.15) is 6.04 Å². The van der Waals surface area contributed by atoms with Gasteiger partial charge in [0.25, 0.3) is 10.1 Å². The maximum absolute atomic E-state index is 12.6. The van der Waals surface area contributed by atoms with Crippen molar-refractivity contribution in [3.63, 3.8) is 0 Å². The molecule has 0 aromatic heterocycles. The van der Waals surface area contributed by atoms with Crippen LogP contribution in [-0.2, 0) is 19.7 Å². The number of carboxylic acids is 1. The third kappa shape index (κ3) is 17.1. The lowest BCUT2D eigenvalue weighted by molar-refractivity contribution is -0.897. The van der Waals surface area contributed by atoms with Crippen molar-refractivity contribution in [1.29, 1.82) is 0 Å². The number of amides is 1. The fourth-order valence-corrected chi connectivity index (χ4v) is 6.32. The number of hydrogen-bond acceptors (Lipinski definition) is 5. The normalized spacial score (nSPS) is 14.4. The summed E-state index contributed by atoms with van der Waals surface area (Å²) in [6, 6.07) is -2.18. The summed E-state index contributed by atoms with van der Waals surface area (Å²) < 4.78 is 32.7. The van der Waals surface area contributed by atoms with Gasteiger partial charge in [0.2, 0.25) is 5.91 Å². The van der Waals surface area contributed by atoms with Gasteiger partial charge in [-0.2, -0.15) is 8.42 Å². The van der Waals surface area contributed by atoms with E-state index in [4.69, 9.17) is 0 Å². The Morgan fingerprint density at radius 1 is 0.811 bits per heavy atom. The molecule has 0 aliphatic carbocycles. The molecular formula is C28H56N2O6S. The van der Waals surface area contributed by atoms with Gasteiger partial charge in [0.15, 0.2) is 0 Å². The number of carbonyl (C=O) groups excluding carboxylic acids is 2. The molecular weight excluding hydrogens is 492 g/mol. The molecule has 0 aliphatic rings. The summed E-state index contributed by atoms with van der Waals surface area (Å²) in [6.45, 7) is 5.41. The summed E-state index contributed by atoms with van der Waals surface area (Å²) in [5, 5.41) is 14.6. The van der Waals surface area contributed by atoms with Crippen LogP contribution < -0.4 is 10.4 Å². The quantitative estimate of drug-likeness (QED) is 0.110. The first kappa shape index (κ1) is 35.8. The van der Waals surface area contributed by atoms with E-state index >= 15 is 0 Å². The Labute approximate surface area is 227 Å². The highest BCUT2D eigenvalue weighted by Crippen LogP contribution is 2.32. The number of nitrogens with zero attached hydrogens (tertiary/aromatic N) is 1. The highest BCUT2D eigenvalue weighted by molar-refractivity contribution is 7.85. The van der Waals surface area contributed by atoms with Crippen LogP contribution in [0.25, 0.3) is 0 Å². The van der Waals surface area contributed by atoms with Crippen LogP contribution in [0, 0.1) is 5.41 Å². The van der Waals surface area contributed by atoms with E-state index in [0.29, 0.717) is 6.42 Å². The number of likely N-dealkylation sites (N-methyl/N-ethyl adjacent to an activating group) is 1. The number of carbonyl (C=O) groups is 2. The summed E-state index contributed by atoms with van der Waals surface area (Å²) in [4.78, 5) is 24.5. The zero-order valence-corrected chi connectivity index (χ0v) is 25.3. The Morgan fingerprint density at radius 2 is 1.19 bits per heavy atom. The van der Waals surface area contributed by atoms with Gasteiger partial charge in [-0.1, -0.05) is 111 Å². The van der Waals surface area contributed by atoms with Gasteiger partial charge in [0, 0.05) is 11.8 Å². The smallest absolute Gasteiger partial charge is 0.266 e. The zero-order valence-electron chi connectivity index (χ0n) is 24.5. The van der Waals surface area contributed by atoms with Gasteiger partial charge in [-0.15, -0.1) is 0 Å². The van der Waals surface area contributed by atoms with Crippen LogP contribution >= 0.6 is 0 Å². The average Bonchev–Trinajstić information content (AvgIpc) is 2.73. The predicted molar refractivity (Wildman–Crippen MR) is 149 cm³/mol. The van der Waals surface area contributed by atoms with Crippen molar-refractivity contribution in [2.75, 3.05) is 26.9 Å². The molecule has 0 aromatic rings. The third-order valence-electron chi connectivity index (χ3n) is 7.32. The SMILES string of the molecule is CCCCCCCCCCCCCCCCCC(=O)NC(CS(=O)(=O)O)C(C)(C)C(C(=O)[O-])[N+](C)(C)C. The van der Waals surface area contributed by atoms with Gasteiger partial charge in [-0.05, 0) is 6.42 Å². The van der Waals surface area contributed by atoms with Crippen LogP contribution in [-0.4, -0.2) is 68.3 Å². The van der Waals surface area contributed by atoms with Crippen LogP contribution in [0.3, 0.4) is 0 Å². The largest absolute Gasteiger partial charge is 0.544 e. The second kappa shape index (κ2) is 18.2. The molecule has 9 heteroatoms. The minimum absolute atomic E-state index is 0.0216. The monoisotopic (exact) mass is 548 g/mol. The second-order valence-corrected chi connectivity index (χ2v) is 13.7. The minimum Gasteiger partial charge on any atom is -0.544 e. The van der Waals surface area contributed by atoms with Crippen molar-refractivity contribution < 1.29 is 32.1 Å². The van der Waals surface area contributed by atoms with Gasteiger partial charge >= 0.3 is 0 Å². The van der Waals surface area contributed by atoms with Crippen LogP contribution in [0.2, 0.25) is 0 Å². The number of aliphatic carboxylic acids is 1. The van der Waals surface area contributed by atoms with E-state index in [1.165, 1.54) is 70.6 Å². The standard InChI is InChI=1S/C28H56N2O6S/c1-7-8-9-10-11-12-13-14-15-16-17-18-19-20-21-22-25(31)29-24(23-37(34,35)36)28(2,3)26(27(32)33)30(4,5)6/h24,26H,7-23H2,1-6H3,(H2-,29,31,32,33,34,35,36). The molecule has 220 valence electrons. The van der Waals surface area contributed by atoms with Crippen LogP contribution in [0.1, 0.15) is 124 Å². The molecule has 1 amide bonds. The van der Waals surface area contributed by atoms with Crippen molar-refractivity contribution in [3.05, 3.63) is 0 Å². The van der Waals surface area contributed by atoms with Crippen LogP contribution in [0.5, 0.6) is 0 Å². The number of quaternary nitrogens is 1. The fraction of sp³-hybridized carbons (Fsp3) is 0.929. The molecule has 0 aliphatic heterocycles. The number of unbranched alkanes of at least 4 members (excludes halogenated alkanes) is 14. The van der Waals surface area contributed by atoms with Crippen molar-refractivity contribution in [3.8, 4) is 0 Å². The number of nitrogens with one attached hydrogen (secondary N) is 1. The van der Waals surface area contributed by atoms with Crippen molar-refractivity contribution in [2.24, 2.45) is 5.41 Å². The van der Waals surface area contributed by atoms with E-state index in [-0.39, 0.29) is 16.8 Å². The molecule has 2 N–H and O–H groups in total.